The summed E-state index contributed by atoms with van der Waals surface area (Å²) in [5.41, 5.74) is 13.6. The molecule has 376 valence electrons. The molecule has 1 aliphatic heterocycles. The quantitative estimate of drug-likeness (QED) is 0.149. The van der Waals surface area contributed by atoms with Crippen LogP contribution in [0, 0.1) is 15.9 Å². The van der Waals surface area contributed by atoms with E-state index in [-0.39, 0.29) is 46.0 Å². The summed E-state index contributed by atoms with van der Waals surface area (Å²) in [5.74, 6) is 1.80. The van der Waals surface area contributed by atoms with E-state index >= 15 is 0 Å². The first-order valence-electron chi connectivity index (χ1n) is 28.2. The van der Waals surface area contributed by atoms with Crippen molar-refractivity contribution in [1.82, 2.24) is 18.7 Å². The van der Waals surface area contributed by atoms with E-state index in [1.807, 2.05) is 36.5 Å². The van der Waals surface area contributed by atoms with Crippen molar-refractivity contribution in [3.8, 4) is 50.9 Å². The first-order chi connectivity index (χ1) is 38.1. The van der Waals surface area contributed by atoms with Crippen molar-refractivity contribution in [3.05, 3.63) is 220 Å². The Morgan fingerprint density at radius 1 is 0.573 bits per heavy atom. The topological polar surface area (TPSA) is 40.1 Å². The Morgan fingerprint density at radius 3 is 1.96 bits per heavy atom. The van der Waals surface area contributed by atoms with Gasteiger partial charge in [0.05, 0.1) is 0 Å². The van der Waals surface area contributed by atoms with Gasteiger partial charge in [-0.05, 0) is 17.0 Å². The molecule has 6 nitrogen and oxygen atoms in total. The van der Waals surface area contributed by atoms with Crippen molar-refractivity contribution in [3.63, 3.8) is 0 Å². The van der Waals surface area contributed by atoms with Crippen LogP contribution in [0.15, 0.2) is 182 Å². The second-order valence-corrected chi connectivity index (χ2v) is 23.7. The molecule has 0 N–H and O–H groups in total. The van der Waals surface area contributed by atoms with Gasteiger partial charge in [0.1, 0.15) is 0 Å². The number of fused-ring (bicyclic) bond motifs is 5. The van der Waals surface area contributed by atoms with Crippen molar-refractivity contribution >= 4 is 44.2 Å². The molecule has 0 saturated carbocycles. The van der Waals surface area contributed by atoms with Crippen LogP contribution < -0.4 is 9.64 Å². The number of rotatable bonds is 7. The van der Waals surface area contributed by atoms with E-state index in [1.54, 1.807) is 0 Å². The van der Waals surface area contributed by atoms with E-state index in [0.29, 0.717) is 35.7 Å². The zero-order chi connectivity index (χ0) is 56.3. The molecule has 1 aliphatic rings. The maximum absolute atomic E-state index is 9.45. The first kappa shape index (κ1) is 42.8. The SMILES string of the molecule is [2H]c1c([2H])c([2H])c(-c2cccc(-c3cc(C(C)(C)C)cc(C(C)(C)C)c3)c2-n2[c](=[Pt])n3c4c(cccc42)CCN(c2ccccc2)c2ccc(Oc4[c-]c5c(cc4)c4ccccc4n5-c4cc(C(C)(C)C)ccn4)[c-]c2-3)c([2H])c1[2H]. The summed E-state index contributed by atoms with van der Waals surface area (Å²) in [5, 5.41) is 2.12. The first-order valence-corrected chi connectivity index (χ1v) is 26.8. The van der Waals surface area contributed by atoms with Gasteiger partial charge in [-0.3, -0.25) is 0 Å². The van der Waals surface area contributed by atoms with Crippen LogP contribution in [0.4, 0.5) is 11.4 Å². The van der Waals surface area contributed by atoms with Gasteiger partial charge < -0.3 is 0 Å². The number of hydrogen-bond acceptors (Lipinski definition) is 3. The second-order valence-electron chi connectivity index (χ2n) is 22.7. The fraction of sp³-hybridized carbons (Fsp3) is 0.206. The molecular weight excluding hydrogens is 1100 g/mol. The zero-order valence-electron chi connectivity index (χ0n) is 48.8. The Hall–Kier alpha value is -7.53. The maximum atomic E-state index is 9.45. The normalized spacial score (nSPS) is 14.0. The Balaban J connectivity index is 1.13. The van der Waals surface area contributed by atoms with Crippen molar-refractivity contribution in [2.45, 2.75) is 85.0 Å². The van der Waals surface area contributed by atoms with Gasteiger partial charge in [-0.25, -0.2) is 0 Å². The van der Waals surface area contributed by atoms with E-state index < -0.39 is 6.04 Å². The molecule has 0 atom stereocenters. The van der Waals surface area contributed by atoms with Gasteiger partial charge in [-0.1, -0.05) is 32.9 Å². The molecule has 4 heterocycles. The van der Waals surface area contributed by atoms with Gasteiger partial charge in [0.15, 0.2) is 0 Å². The van der Waals surface area contributed by atoms with Crippen molar-refractivity contribution in [1.29, 1.82) is 0 Å². The van der Waals surface area contributed by atoms with Gasteiger partial charge in [0, 0.05) is 6.20 Å². The number of para-hydroxylation sites is 4. The zero-order valence-corrected chi connectivity index (χ0v) is 46.1. The fourth-order valence-corrected chi connectivity index (χ4v) is 11.6. The minimum atomic E-state index is -0.438. The molecule has 3 aromatic heterocycles. The van der Waals surface area contributed by atoms with E-state index in [4.69, 9.17) is 13.8 Å². The molecule has 0 unspecified atom stereocenters. The Bertz CT molecular complexity index is 4320. The number of pyridine rings is 1. The molecule has 75 heavy (non-hydrogen) atoms. The fourth-order valence-electron chi connectivity index (χ4n) is 10.6. The molecule has 0 spiro atoms. The number of ether oxygens (including phenoxy) is 1. The molecule has 0 radical (unpaired) electrons. The average molecular weight is 1160 g/mol. The Kier molecular flexibility index (Phi) is 10.5. The van der Waals surface area contributed by atoms with Crippen molar-refractivity contribution in [2.24, 2.45) is 0 Å². The minimum absolute atomic E-state index is 0.0855. The molecule has 11 aromatic rings. The third kappa shape index (κ3) is 8.67. The Labute approximate surface area is 459 Å². The van der Waals surface area contributed by atoms with Crippen LogP contribution in [0.25, 0.3) is 72.3 Å². The molecule has 0 bridgehead atoms. The van der Waals surface area contributed by atoms with Crippen molar-refractivity contribution in [2.75, 3.05) is 11.4 Å². The van der Waals surface area contributed by atoms with Gasteiger partial charge >= 0.3 is 405 Å². The summed E-state index contributed by atoms with van der Waals surface area (Å²) < 4.78 is 59.8. The number of aromatic nitrogens is 4. The molecule has 7 heteroatoms. The van der Waals surface area contributed by atoms with Crippen LogP contribution in [0.3, 0.4) is 0 Å². The standard InChI is InChI=1S/C68H61N5O.Pt/c1-66(2,3)48-34-36-69-63(41-48)73-58-28-17-16-25-56(58)57-32-30-52(42-61(57)73)74-53-31-33-59-62(43-53)72-44-71(60-29-18-22-46(64(60)72)35-37-70(59)51-23-14-11-15-24-51)65-54(45-20-12-10-13-21-45)26-19-27-55(65)47-38-49(67(4,5)6)40-50(39-47)68(7,8)9;/h10-34,36,38-41H,35,37H2,1-9H3;/q-2;/i10D,12D,13D,20D,21D;. The van der Waals surface area contributed by atoms with Gasteiger partial charge in [-0.15, -0.1) is 0 Å². The van der Waals surface area contributed by atoms with Crippen LogP contribution in [-0.2, 0) is 42.0 Å². The van der Waals surface area contributed by atoms with Crippen LogP contribution in [0.2, 0.25) is 0 Å². The van der Waals surface area contributed by atoms with Crippen LogP contribution in [0.1, 0.15) is 91.4 Å². The number of imidazole rings is 1. The predicted octanol–water partition coefficient (Wildman–Crippen LogP) is 17.3. The molecule has 0 amide bonds. The van der Waals surface area contributed by atoms with Crippen molar-refractivity contribution < 1.29 is 30.9 Å². The molecule has 8 aromatic carbocycles. The van der Waals surface area contributed by atoms with E-state index in [1.165, 1.54) is 5.56 Å². The van der Waals surface area contributed by atoms with Crippen LogP contribution >= 0.6 is 0 Å². The monoisotopic (exact) mass is 1160 g/mol. The van der Waals surface area contributed by atoms with Crippen LogP contribution in [0.5, 0.6) is 11.5 Å². The average Bonchev–Trinajstić information content (AvgIpc) is 3.03. The molecule has 0 saturated heterocycles. The summed E-state index contributed by atoms with van der Waals surface area (Å²) in [6.45, 7) is 20.6. The van der Waals surface area contributed by atoms with Crippen LogP contribution in [-0.4, -0.2) is 25.2 Å². The van der Waals surface area contributed by atoms with Gasteiger partial charge in [0.2, 0.25) is 0 Å². The summed E-state index contributed by atoms with van der Waals surface area (Å²) in [4.78, 5) is 7.25. The number of benzene rings is 8. The van der Waals surface area contributed by atoms with Gasteiger partial charge in [0.25, 0.3) is 0 Å². The number of hydrogen-bond donors (Lipinski definition) is 0. The molecule has 0 aliphatic carbocycles. The Morgan fingerprint density at radius 2 is 1.23 bits per heavy atom. The molecule has 12 rings (SSSR count). The number of nitrogens with zero attached hydrogens (tertiary/aromatic N) is 5. The van der Waals surface area contributed by atoms with E-state index in [9.17, 15) is 2.74 Å². The summed E-state index contributed by atoms with van der Waals surface area (Å²) in [6, 6.07) is 56.1. The molecule has 0 fully saturated rings. The molecular formula is C68H61N5OPt-2. The van der Waals surface area contributed by atoms with E-state index in [2.05, 4.69) is 228 Å². The third-order valence-corrected chi connectivity index (χ3v) is 15.6. The third-order valence-electron chi connectivity index (χ3n) is 14.6. The summed E-state index contributed by atoms with van der Waals surface area (Å²) in [6.07, 6.45) is 2.58. The predicted molar refractivity (Wildman–Crippen MR) is 306 cm³/mol. The summed E-state index contributed by atoms with van der Waals surface area (Å²) in [7, 11) is 0. The summed E-state index contributed by atoms with van der Waals surface area (Å²) >= 11 is 2.42. The second kappa shape index (κ2) is 18.4. The number of anilines is 2. The van der Waals surface area contributed by atoms with E-state index in [0.717, 1.165) is 87.3 Å². The van der Waals surface area contributed by atoms with Gasteiger partial charge in [-0.2, -0.15) is 0 Å².